The van der Waals surface area contributed by atoms with E-state index in [9.17, 15) is 4.39 Å². The molecule has 4 heteroatoms. The van der Waals surface area contributed by atoms with E-state index in [-0.39, 0.29) is 11.9 Å². The fourth-order valence-electron chi connectivity index (χ4n) is 2.74. The van der Waals surface area contributed by atoms with Crippen LogP contribution in [-0.4, -0.2) is 44.2 Å². The Morgan fingerprint density at radius 2 is 2.05 bits per heavy atom. The number of nitrogens with two attached hydrogens (primary N) is 1. The van der Waals surface area contributed by atoms with Crippen molar-refractivity contribution in [2.75, 3.05) is 38.1 Å². The van der Waals surface area contributed by atoms with E-state index in [0.29, 0.717) is 0 Å². The van der Waals surface area contributed by atoms with Crippen molar-refractivity contribution in [2.24, 2.45) is 5.73 Å². The molecule has 1 aromatic carbocycles. The fraction of sp³-hybridized carbons (Fsp3) is 0.625. The molecule has 1 unspecified atom stereocenters. The van der Waals surface area contributed by atoms with Gasteiger partial charge >= 0.3 is 0 Å². The molecule has 1 aliphatic heterocycles. The summed E-state index contributed by atoms with van der Waals surface area (Å²) in [4.78, 5) is 4.72. The van der Waals surface area contributed by atoms with E-state index in [1.807, 2.05) is 6.07 Å². The quantitative estimate of drug-likeness (QED) is 0.917. The molecule has 112 valence electrons. The second kappa shape index (κ2) is 7.04. The second-order valence-electron chi connectivity index (χ2n) is 5.79. The second-order valence-corrected chi connectivity index (χ2v) is 5.79. The van der Waals surface area contributed by atoms with Crippen molar-refractivity contribution >= 4 is 5.69 Å². The number of anilines is 1. The molecule has 0 amide bonds. The number of likely N-dealkylation sites (N-methyl/N-ethyl adjacent to an activating group) is 1. The molecule has 0 aromatic heterocycles. The molecule has 0 radical (unpaired) electrons. The maximum Gasteiger partial charge on any atom is 0.123 e. The maximum absolute atomic E-state index is 13.5. The van der Waals surface area contributed by atoms with Gasteiger partial charge in [-0.25, -0.2) is 4.39 Å². The summed E-state index contributed by atoms with van der Waals surface area (Å²) in [5.74, 6) is -0.168. The van der Waals surface area contributed by atoms with Crippen LogP contribution in [0.5, 0.6) is 0 Å². The summed E-state index contributed by atoms with van der Waals surface area (Å²) in [6, 6.07) is 5.23. The first-order valence-electron chi connectivity index (χ1n) is 7.57. The van der Waals surface area contributed by atoms with Gasteiger partial charge in [0.25, 0.3) is 0 Å². The van der Waals surface area contributed by atoms with Crippen LogP contribution in [0.4, 0.5) is 10.1 Å². The predicted molar refractivity (Wildman–Crippen MR) is 82.7 cm³/mol. The van der Waals surface area contributed by atoms with E-state index in [2.05, 4.69) is 23.8 Å². The average Bonchev–Trinajstić information content (AvgIpc) is 2.64. The molecule has 1 heterocycles. The summed E-state index contributed by atoms with van der Waals surface area (Å²) in [6.45, 7) is 6.28. The van der Waals surface area contributed by atoms with Crippen molar-refractivity contribution in [2.45, 2.75) is 32.2 Å². The van der Waals surface area contributed by atoms with Crippen LogP contribution in [0.3, 0.4) is 0 Å². The lowest BCUT2D eigenvalue weighted by Gasteiger charge is -2.26. The highest BCUT2D eigenvalue weighted by molar-refractivity contribution is 5.54. The summed E-state index contributed by atoms with van der Waals surface area (Å²) in [6.07, 6.45) is 2.81. The van der Waals surface area contributed by atoms with E-state index < -0.39 is 0 Å². The Bertz CT molecular complexity index is 436. The van der Waals surface area contributed by atoms with Gasteiger partial charge in [0.05, 0.1) is 0 Å². The molecule has 1 aromatic rings. The Labute approximate surface area is 121 Å². The number of hydrogen-bond acceptors (Lipinski definition) is 3. The third-order valence-corrected chi connectivity index (χ3v) is 4.11. The topological polar surface area (TPSA) is 32.5 Å². The molecule has 1 fully saturated rings. The minimum Gasteiger partial charge on any atom is -0.370 e. The van der Waals surface area contributed by atoms with E-state index in [0.717, 1.165) is 56.7 Å². The lowest BCUT2D eigenvalue weighted by molar-refractivity contribution is 0.360. The van der Waals surface area contributed by atoms with Crippen LogP contribution < -0.4 is 10.6 Å². The van der Waals surface area contributed by atoms with Gasteiger partial charge in [-0.05, 0) is 56.6 Å². The standard InChI is InChI=1S/C16H26FN3/c1-3-15(18)12-13-11-14(17)5-6-16(13)20-8-4-7-19(2)9-10-20/h5-6,11,15H,3-4,7-10,12,18H2,1-2H3. The van der Waals surface area contributed by atoms with Crippen molar-refractivity contribution in [3.05, 3.63) is 29.6 Å². The maximum atomic E-state index is 13.5. The molecule has 0 aliphatic carbocycles. The van der Waals surface area contributed by atoms with Crippen LogP contribution in [0, 0.1) is 5.82 Å². The van der Waals surface area contributed by atoms with Gasteiger partial charge < -0.3 is 15.5 Å². The lowest BCUT2D eigenvalue weighted by atomic mass is 10.0. The van der Waals surface area contributed by atoms with Gasteiger partial charge in [-0.3, -0.25) is 0 Å². The molecule has 2 N–H and O–H groups in total. The first-order chi connectivity index (χ1) is 9.60. The van der Waals surface area contributed by atoms with Crippen LogP contribution in [-0.2, 0) is 6.42 Å². The van der Waals surface area contributed by atoms with Crippen molar-refractivity contribution < 1.29 is 4.39 Å². The third kappa shape index (κ3) is 3.93. The Morgan fingerprint density at radius 3 is 2.80 bits per heavy atom. The molecular formula is C16H26FN3. The Kier molecular flexibility index (Phi) is 5.38. The monoisotopic (exact) mass is 279 g/mol. The zero-order valence-corrected chi connectivity index (χ0v) is 12.6. The molecule has 1 saturated heterocycles. The van der Waals surface area contributed by atoms with Crippen LogP contribution in [0.2, 0.25) is 0 Å². The highest BCUT2D eigenvalue weighted by atomic mass is 19.1. The first kappa shape index (κ1) is 15.3. The van der Waals surface area contributed by atoms with E-state index in [1.54, 1.807) is 12.1 Å². The molecule has 20 heavy (non-hydrogen) atoms. The van der Waals surface area contributed by atoms with Gasteiger partial charge in [-0.15, -0.1) is 0 Å². The third-order valence-electron chi connectivity index (χ3n) is 4.11. The summed E-state index contributed by atoms with van der Waals surface area (Å²) < 4.78 is 13.5. The summed E-state index contributed by atoms with van der Waals surface area (Å²) in [5, 5.41) is 0. The zero-order chi connectivity index (χ0) is 14.5. The van der Waals surface area contributed by atoms with Gasteiger partial charge in [-0.1, -0.05) is 6.92 Å². The molecule has 3 nitrogen and oxygen atoms in total. The van der Waals surface area contributed by atoms with Gasteiger partial charge in [0.15, 0.2) is 0 Å². The van der Waals surface area contributed by atoms with Crippen LogP contribution in [0.1, 0.15) is 25.3 Å². The normalized spacial score (nSPS) is 18.9. The largest absolute Gasteiger partial charge is 0.370 e. The van der Waals surface area contributed by atoms with Crippen LogP contribution in [0.15, 0.2) is 18.2 Å². The smallest absolute Gasteiger partial charge is 0.123 e. The Hall–Kier alpha value is -1.13. The molecular weight excluding hydrogens is 253 g/mol. The highest BCUT2D eigenvalue weighted by Gasteiger charge is 2.17. The molecule has 1 aliphatic rings. The van der Waals surface area contributed by atoms with E-state index in [1.165, 1.54) is 0 Å². The average molecular weight is 279 g/mol. The molecule has 2 rings (SSSR count). The summed E-state index contributed by atoms with van der Waals surface area (Å²) in [5.41, 5.74) is 8.26. The minimum atomic E-state index is -0.168. The SMILES string of the molecule is CCC(N)Cc1cc(F)ccc1N1CCCN(C)CC1. The van der Waals surface area contributed by atoms with Crippen LogP contribution in [0.25, 0.3) is 0 Å². The number of benzene rings is 1. The van der Waals surface area contributed by atoms with Crippen molar-refractivity contribution in [3.8, 4) is 0 Å². The van der Waals surface area contributed by atoms with Gasteiger partial charge in [0.1, 0.15) is 5.82 Å². The highest BCUT2D eigenvalue weighted by Crippen LogP contribution is 2.24. The van der Waals surface area contributed by atoms with Crippen molar-refractivity contribution in [1.29, 1.82) is 0 Å². The minimum absolute atomic E-state index is 0.102. The van der Waals surface area contributed by atoms with Crippen molar-refractivity contribution in [3.63, 3.8) is 0 Å². The van der Waals surface area contributed by atoms with Gasteiger partial charge in [-0.2, -0.15) is 0 Å². The predicted octanol–water partition coefficient (Wildman–Crippen LogP) is 2.25. The van der Waals surface area contributed by atoms with Crippen molar-refractivity contribution in [1.82, 2.24) is 4.90 Å². The molecule has 1 atom stereocenters. The summed E-state index contributed by atoms with van der Waals surface area (Å²) >= 11 is 0. The fourth-order valence-corrected chi connectivity index (χ4v) is 2.74. The Balaban J connectivity index is 2.20. The number of nitrogens with zero attached hydrogens (tertiary/aromatic N) is 2. The Morgan fingerprint density at radius 1 is 1.25 bits per heavy atom. The van der Waals surface area contributed by atoms with Gasteiger partial charge in [0.2, 0.25) is 0 Å². The summed E-state index contributed by atoms with van der Waals surface area (Å²) in [7, 11) is 2.15. The zero-order valence-electron chi connectivity index (χ0n) is 12.6. The molecule has 0 saturated carbocycles. The number of halogens is 1. The van der Waals surface area contributed by atoms with E-state index in [4.69, 9.17) is 5.73 Å². The number of hydrogen-bond donors (Lipinski definition) is 1. The van der Waals surface area contributed by atoms with Gasteiger partial charge in [0, 0.05) is 31.4 Å². The van der Waals surface area contributed by atoms with E-state index >= 15 is 0 Å². The molecule has 0 bridgehead atoms. The number of rotatable bonds is 4. The first-order valence-corrected chi connectivity index (χ1v) is 7.57. The van der Waals surface area contributed by atoms with Crippen LogP contribution >= 0.6 is 0 Å². The lowest BCUT2D eigenvalue weighted by Crippen LogP contribution is -2.30. The molecule has 0 spiro atoms.